The monoisotopic (exact) mass is 389 g/mol. The van der Waals surface area contributed by atoms with Crippen LogP contribution < -0.4 is 5.32 Å². The second-order valence-electron chi connectivity index (χ2n) is 6.94. The van der Waals surface area contributed by atoms with Crippen LogP contribution >= 0.6 is 0 Å². The first kappa shape index (κ1) is 18.8. The number of halogens is 1. The Labute approximate surface area is 168 Å². The minimum absolute atomic E-state index is 0.268. The number of carbonyl (C=O) groups is 1. The third kappa shape index (κ3) is 4.01. The van der Waals surface area contributed by atoms with Gasteiger partial charge in [0.15, 0.2) is 0 Å². The quantitative estimate of drug-likeness (QED) is 0.721. The van der Waals surface area contributed by atoms with Crippen molar-refractivity contribution in [3.05, 3.63) is 102 Å². The predicted molar refractivity (Wildman–Crippen MR) is 108 cm³/mol. The molecule has 0 bridgehead atoms. The summed E-state index contributed by atoms with van der Waals surface area (Å²) in [7, 11) is 0. The smallest absolute Gasteiger partial charge is 0.265 e. The lowest BCUT2D eigenvalue weighted by Gasteiger charge is -2.22. The molecule has 5 nitrogen and oxygen atoms in total. The Morgan fingerprint density at radius 1 is 1.03 bits per heavy atom. The van der Waals surface area contributed by atoms with Gasteiger partial charge in [0.1, 0.15) is 5.82 Å². The molecule has 3 atom stereocenters. The summed E-state index contributed by atoms with van der Waals surface area (Å²) in [5.41, 5.74) is 3.18. The Hall–Kier alpha value is -3.54. The Kier molecular flexibility index (Phi) is 5.33. The van der Waals surface area contributed by atoms with Crippen LogP contribution in [0.1, 0.15) is 29.7 Å². The maximum absolute atomic E-state index is 13.2. The minimum Gasteiger partial charge on any atom is -0.381 e. The van der Waals surface area contributed by atoms with E-state index in [1.165, 1.54) is 12.1 Å². The molecule has 1 aliphatic rings. The third-order valence-electron chi connectivity index (χ3n) is 4.99. The molecule has 1 aromatic heterocycles. The second kappa shape index (κ2) is 8.22. The molecule has 1 N–H and O–H groups in total. The minimum atomic E-state index is -0.766. The largest absolute Gasteiger partial charge is 0.381 e. The fourth-order valence-corrected chi connectivity index (χ4v) is 3.42. The topological polar surface area (TPSA) is 63.6 Å². The van der Waals surface area contributed by atoms with Gasteiger partial charge < -0.3 is 10.2 Å². The van der Waals surface area contributed by atoms with E-state index in [4.69, 9.17) is 4.84 Å². The summed E-state index contributed by atoms with van der Waals surface area (Å²) in [5, 5.41) is 7.16. The summed E-state index contributed by atoms with van der Waals surface area (Å²) in [5.74, 6) is -0.862. The number of nitrogens with one attached hydrogen (secondary N) is 1. The summed E-state index contributed by atoms with van der Waals surface area (Å²) < 4.78 is 13.2. The zero-order chi connectivity index (χ0) is 20.2. The van der Waals surface area contributed by atoms with Crippen LogP contribution in [0.15, 0.2) is 84.3 Å². The highest BCUT2D eigenvalue weighted by molar-refractivity contribution is 6.05. The van der Waals surface area contributed by atoms with Crippen LogP contribution in [0.25, 0.3) is 0 Å². The van der Waals surface area contributed by atoms with Gasteiger partial charge in [-0.3, -0.25) is 9.78 Å². The molecule has 1 amide bonds. The van der Waals surface area contributed by atoms with E-state index >= 15 is 0 Å². The van der Waals surface area contributed by atoms with Crippen molar-refractivity contribution in [2.75, 3.05) is 0 Å². The molecule has 0 aliphatic carbocycles. The van der Waals surface area contributed by atoms with E-state index < -0.39 is 6.10 Å². The van der Waals surface area contributed by atoms with E-state index in [-0.39, 0.29) is 23.7 Å². The number of oxime groups is 1. The van der Waals surface area contributed by atoms with Crippen molar-refractivity contribution in [2.24, 2.45) is 11.1 Å². The number of rotatable bonds is 5. The molecule has 2 heterocycles. The first-order valence-corrected chi connectivity index (χ1v) is 9.38. The lowest BCUT2D eigenvalue weighted by molar-refractivity contribution is -0.133. The summed E-state index contributed by atoms with van der Waals surface area (Å²) in [6, 6.07) is 19.1. The second-order valence-corrected chi connectivity index (χ2v) is 6.94. The van der Waals surface area contributed by atoms with Crippen molar-refractivity contribution in [1.29, 1.82) is 0 Å². The van der Waals surface area contributed by atoms with Gasteiger partial charge in [0, 0.05) is 12.4 Å². The lowest BCUT2D eigenvalue weighted by atomic mass is 9.93. The molecule has 146 valence electrons. The number of nitrogens with zero attached hydrogens (tertiary/aromatic N) is 2. The number of pyridine rings is 1. The Morgan fingerprint density at radius 2 is 1.76 bits per heavy atom. The average molecular weight is 389 g/mol. The number of hydrogen-bond donors (Lipinski definition) is 1. The molecule has 1 aliphatic heterocycles. The Morgan fingerprint density at radius 3 is 2.45 bits per heavy atom. The van der Waals surface area contributed by atoms with Gasteiger partial charge in [-0.05, 0) is 34.9 Å². The number of benzene rings is 2. The number of amides is 1. The van der Waals surface area contributed by atoms with Crippen LogP contribution in [0.3, 0.4) is 0 Å². The van der Waals surface area contributed by atoms with E-state index in [0.29, 0.717) is 5.71 Å². The van der Waals surface area contributed by atoms with Gasteiger partial charge in [-0.25, -0.2) is 4.39 Å². The number of hydrogen-bond acceptors (Lipinski definition) is 4. The summed E-state index contributed by atoms with van der Waals surface area (Å²) in [6.45, 7) is 1.88. The molecule has 3 aromatic rings. The highest BCUT2D eigenvalue weighted by atomic mass is 19.1. The van der Waals surface area contributed by atoms with Crippen molar-refractivity contribution in [1.82, 2.24) is 10.3 Å². The highest BCUT2D eigenvalue weighted by Crippen LogP contribution is 2.26. The van der Waals surface area contributed by atoms with Gasteiger partial charge in [-0.15, -0.1) is 0 Å². The van der Waals surface area contributed by atoms with Gasteiger partial charge in [0.2, 0.25) is 6.10 Å². The molecule has 0 saturated carbocycles. The van der Waals surface area contributed by atoms with Crippen molar-refractivity contribution in [2.45, 2.75) is 19.1 Å². The normalized spacial score (nSPS) is 19.2. The summed E-state index contributed by atoms with van der Waals surface area (Å²) >= 11 is 0. The molecule has 4 rings (SSSR count). The van der Waals surface area contributed by atoms with Crippen molar-refractivity contribution < 1.29 is 14.0 Å². The first-order chi connectivity index (χ1) is 14.1. The molecule has 2 aromatic carbocycles. The van der Waals surface area contributed by atoms with E-state index in [9.17, 15) is 9.18 Å². The van der Waals surface area contributed by atoms with Crippen molar-refractivity contribution in [3.8, 4) is 0 Å². The average Bonchev–Trinajstić information content (AvgIpc) is 3.15. The van der Waals surface area contributed by atoms with Crippen LogP contribution in [-0.2, 0) is 9.63 Å². The lowest BCUT2D eigenvalue weighted by Crippen LogP contribution is -2.41. The van der Waals surface area contributed by atoms with Gasteiger partial charge in [0.25, 0.3) is 5.91 Å². The van der Waals surface area contributed by atoms with E-state index in [2.05, 4.69) is 15.5 Å². The Bertz CT molecular complexity index is 968. The van der Waals surface area contributed by atoms with Gasteiger partial charge in [-0.1, -0.05) is 60.6 Å². The van der Waals surface area contributed by atoms with Crippen LogP contribution in [0.4, 0.5) is 4.39 Å². The van der Waals surface area contributed by atoms with Crippen LogP contribution in [0, 0.1) is 11.7 Å². The molecule has 0 radical (unpaired) electrons. The van der Waals surface area contributed by atoms with Gasteiger partial charge in [0.05, 0.1) is 17.7 Å². The molecule has 0 fully saturated rings. The summed E-state index contributed by atoms with van der Waals surface area (Å²) in [4.78, 5) is 22.7. The van der Waals surface area contributed by atoms with Crippen LogP contribution in [0.2, 0.25) is 0 Å². The zero-order valence-corrected chi connectivity index (χ0v) is 15.8. The van der Waals surface area contributed by atoms with Crippen molar-refractivity contribution >= 4 is 11.6 Å². The molecular formula is C23H20FN3O2. The Balaban J connectivity index is 1.53. The molecule has 0 unspecified atom stereocenters. The molecule has 0 spiro atoms. The number of aromatic nitrogens is 1. The van der Waals surface area contributed by atoms with Gasteiger partial charge >= 0.3 is 0 Å². The first-order valence-electron chi connectivity index (χ1n) is 9.38. The molecule has 29 heavy (non-hydrogen) atoms. The van der Waals surface area contributed by atoms with Crippen molar-refractivity contribution in [3.63, 3.8) is 0 Å². The standard InChI is InChI=1S/C23H20FN3O2/c1-15-20(17-9-11-19(24)12-10-17)27-29-22(15)23(28)26-21(16-6-3-2-4-7-16)18-8-5-13-25-14-18/h2-15,21-22H,1H3,(H,26,28)/t15-,21+,22+/m1/s1. The summed E-state index contributed by atoms with van der Waals surface area (Å²) in [6.07, 6.45) is 2.66. The predicted octanol–water partition coefficient (Wildman–Crippen LogP) is 3.87. The molecule has 0 saturated heterocycles. The van der Waals surface area contributed by atoms with Crippen LogP contribution in [-0.4, -0.2) is 22.7 Å². The SMILES string of the molecule is C[C@@H]1C(c2ccc(F)cc2)=NO[C@@H]1C(=O)N[C@@H](c1ccccc1)c1cccnc1. The highest BCUT2D eigenvalue weighted by Gasteiger charge is 2.37. The number of carbonyl (C=O) groups excluding carboxylic acids is 1. The molecular weight excluding hydrogens is 369 g/mol. The fourth-order valence-electron chi connectivity index (χ4n) is 3.42. The fraction of sp³-hybridized carbons (Fsp3) is 0.174. The molecule has 6 heteroatoms. The third-order valence-corrected chi connectivity index (χ3v) is 4.99. The van der Waals surface area contributed by atoms with E-state index in [1.54, 1.807) is 24.5 Å². The van der Waals surface area contributed by atoms with Gasteiger partial charge in [-0.2, -0.15) is 0 Å². The maximum Gasteiger partial charge on any atom is 0.265 e. The zero-order valence-electron chi connectivity index (χ0n) is 15.8. The van der Waals surface area contributed by atoms with Crippen LogP contribution in [0.5, 0.6) is 0 Å². The van der Waals surface area contributed by atoms with E-state index in [1.807, 2.05) is 49.4 Å². The maximum atomic E-state index is 13.2. The van der Waals surface area contributed by atoms with E-state index in [0.717, 1.165) is 16.7 Å².